The number of nitrogens with one attached hydrogen (secondary N) is 2. The van der Waals surface area contributed by atoms with Gasteiger partial charge in [-0.3, -0.25) is 9.52 Å². The summed E-state index contributed by atoms with van der Waals surface area (Å²) in [4.78, 5) is 24.6. The predicted molar refractivity (Wildman–Crippen MR) is 128 cm³/mol. The van der Waals surface area contributed by atoms with E-state index < -0.39 is 28.5 Å². The van der Waals surface area contributed by atoms with Crippen molar-refractivity contribution >= 4 is 33.3 Å². The maximum absolute atomic E-state index is 12.8. The third-order valence-corrected chi connectivity index (χ3v) is 6.24. The summed E-state index contributed by atoms with van der Waals surface area (Å²) in [7, 11) is -3.94. The summed E-state index contributed by atoms with van der Waals surface area (Å²) in [5.74, 6) is -1.37. The average molecular weight is 478 g/mol. The van der Waals surface area contributed by atoms with E-state index in [1.54, 1.807) is 49.4 Å². The van der Waals surface area contributed by atoms with Crippen molar-refractivity contribution in [2.24, 2.45) is 0 Å². The van der Waals surface area contributed by atoms with E-state index in [4.69, 9.17) is 10.00 Å². The molecular formula is C25H23N3O5S. The first-order valence-electron chi connectivity index (χ1n) is 10.3. The van der Waals surface area contributed by atoms with Gasteiger partial charge in [0.1, 0.15) is 0 Å². The number of sulfonamides is 1. The number of nitriles is 1. The number of hydrogen-bond donors (Lipinski definition) is 2. The Kier molecular flexibility index (Phi) is 7.66. The van der Waals surface area contributed by atoms with Gasteiger partial charge in [-0.25, -0.2) is 13.2 Å². The highest BCUT2D eigenvalue weighted by molar-refractivity contribution is 7.92. The van der Waals surface area contributed by atoms with Crippen LogP contribution in [0.4, 0.5) is 11.4 Å². The first kappa shape index (κ1) is 24.5. The van der Waals surface area contributed by atoms with Crippen LogP contribution in [-0.4, -0.2) is 26.9 Å². The molecule has 0 bridgehead atoms. The van der Waals surface area contributed by atoms with E-state index >= 15 is 0 Å². The lowest BCUT2D eigenvalue weighted by atomic mass is 10.1. The van der Waals surface area contributed by atoms with E-state index in [1.165, 1.54) is 18.2 Å². The molecule has 0 saturated carbocycles. The van der Waals surface area contributed by atoms with Crippen molar-refractivity contribution in [1.29, 1.82) is 5.26 Å². The minimum atomic E-state index is -3.94. The maximum atomic E-state index is 12.8. The topological polar surface area (TPSA) is 125 Å². The molecule has 9 heteroatoms. The molecule has 3 aromatic carbocycles. The number of amides is 1. The molecule has 0 unspecified atom stereocenters. The van der Waals surface area contributed by atoms with Gasteiger partial charge in [-0.15, -0.1) is 0 Å². The van der Waals surface area contributed by atoms with Crippen molar-refractivity contribution < 1.29 is 22.7 Å². The molecule has 2 N–H and O–H groups in total. The van der Waals surface area contributed by atoms with Gasteiger partial charge >= 0.3 is 5.97 Å². The van der Waals surface area contributed by atoms with E-state index in [0.717, 1.165) is 11.1 Å². The number of benzene rings is 3. The Labute approximate surface area is 198 Å². The number of ether oxygens (including phenoxy) is 1. The third-order valence-electron chi connectivity index (χ3n) is 4.86. The van der Waals surface area contributed by atoms with E-state index in [2.05, 4.69) is 10.0 Å². The van der Waals surface area contributed by atoms with Crippen molar-refractivity contribution in [3.63, 3.8) is 0 Å². The molecule has 0 aliphatic rings. The summed E-state index contributed by atoms with van der Waals surface area (Å²) in [6.07, 6.45) is 0.264. The Morgan fingerprint density at radius 2 is 1.71 bits per heavy atom. The highest BCUT2D eigenvalue weighted by Crippen LogP contribution is 2.21. The van der Waals surface area contributed by atoms with Crippen LogP contribution in [0.25, 0.3) is 0 Å². The third kappa shape index (κ3) is 6.43. The van der Waals surface area contributed by atoms with Gasteiger partial charge in [0, 0.05) is 11.4 Å². The number of nitrogens with zero attached hydrogens (tertiary/aromatic N) is 1. The molecular weight excluding hydrogens is 454 g/mol. The number of aryl methyl sites for hydroxylation is 2. The van der Waals surface area contributed by atoms with Crippen LogP contribution in [-0.2, 0) is 26.0 Å². The smallest absolute Gasteiger partial charge is 0.338 e. The van der Waals surface area contributed by atoms with E-state index in [0.29, 0.717) is 16.9 Å². The number of carbonyl (C=O) groups excluding carboxylic acids is 2. The van der Waals surface area contributed by atoms with Crippen LogP contribution in [0.5, 0.6) is 0 Å². The Morgan fingerprint density at radius 1 is 0.971 bits per heavy atom. The van der Waals surface area contributed by atoms with E-state index in [9.17, 15) is 18.0 Å². The lowest BCUT2D eigenvalue weighted by molar-refractivity contribution is -0.119. The first-order valence-corrected chi connectivity index (χ1v) is 11.8. The molecule has 0 aliphatic heterocycles. The molecule has 34 heavy (non-hydrogen) atoms. The first-order chi connectivity index (χ1) is 16.2. The Balaban J connectivity index is 1.66. The zero-order valence-electron chi connectivity index (χ0n) is 18.7. The second kappa shape index (κ2) is 10.6. The summed E-state index contributed by atoms with van der Waals surface area (Å²) in [5, 5.41) is 11.3. The highest BCUT2D eigenvalue weighted by atomic mass is 32.2. The molecule has 0 heterocycles. The number of carbonyl (C=O) groups is 2. The van der Waals surface area contributed by atoms with Gasteiger partial charge in [-0.05, 0) is 66.9 Å². The van der Waals surface area contributed by atoms with Gasteiger partial charge in [0.15, 0.2) is 6.61 Å². The summed E-state index contributed by atoms with van der Waals surface area (Å²) in [5.41, 5.74) is 3.16. The van der Waals surface area contributed by atoms with Crippen molar-refractivity contribution in [2.45, 2.75) is 25.2 Å². The lowest BCUT2D eigenvalue weighted by Gasteiger charge is -2.12. The fourth-order valence-corrected chi connectivity index (χ4v) is 4.19. The second-order valence-corrected chi connectivity index (χ2v) is 9.29. The van der Waals surface area contributed by atoms with Gasteiger partial charge in [0.25, 0.3) is 15.9 Å². The van der Waals surface area contributed by atoms with Crippen molar-refractivity contribution in [2.75, 3.05) is 16.6 Å². The lowest BCUT2D eigenvalue weighted by Crippen LogP contribution is -2.21. The van der Waals surface area contributed by atoms with E-state index in [1.807, 2.05) is 19.1 Å². The second-order valence-electron chi connectivity index (χ2n) is 7.61. The van der Waals surface area contributed by atoms with Crippen LogP contribution in [0.1, 0.15) is 27.0 Å². The quantitative estimate of drug-likeness (QED) is 0.473. The molecule has 174 valence electrons. The van der Waals surface area contributed by atoms with Crippen molar-refractivity contribution in [3.05, 3.63) is 89.0 Å². The molecule has 0 fully saturated rings. The van der Waals surface area contributed by atoms with Crippen LogP contribution in [0, 0.1) is 25.2 Å². The standard InChI is InChI=1S/C25H23N3O5S/c1-17-4-3-5-21(14-17)28-34(31,32)22-11-6-18(2)23(15-22)25(30)33-16-24(29)27-20-9-7-19(8-10-20)12-13-26/h3-11,14-15,28H,12,16H2,1-2H3,(H,27,29). The van der Waals surface area contributed by atoms with Gasteiger partial charge in [0.05, 0.1) is 22.9 Å². The summed E-state index contributed by atoms with van der Waals surface area (Å²) < 4.78 is 33.2. The molecule has 0 spiro atoms. The fraction of sp³-hybridized carbons (Fsp3) is 0.160. The van der Waals surface area contributed by atoms with Crippen LogP contribution < -0.4 is 10.0 Å². The van der Waals surface area contributed by atoms with Gasteiger partial charge < -0.3 is 10.1 Å². The van der Waals surface area contributed by atoms with Crippen molar-refractivity contribution in [3.8, 4) is 6.07 Å². The van der Waals surface area contributed by atoms with Crippen LogP contribution in [0.2, 0.25) is 0 Å². The van der Waals surface area contributed by atoms with Gasteiger partial charge in [-0.1, -0.05) is 30.3 Å². The zero-order chi connectivity index (χ0) is 24.7. The molecule has 3 rings (SSSR count). The normalized spacial score (nSPS) is 10.7. The average Bonchev–Trinajstić information content (AvgIpc) is 2.79. The molecule has 0 aliphatic carbocycles. The molecule has 0 aromatic heterocycles. The molecule has 0 radical (unpaired) electrons. The minimum Gasteiger partial charge on any atom is -0.452 e. The Bertz CT molecular complexity index is 1360. The molecule has 0 atom stereocenters. The minimum absolute atomic E-state index is 0.0424. The van der Waals surface area contributed by atoms with E-state index in [-0.39, 0.29) is 16.9 Å². The van der Waals surface area contributed by atoms with Crippen molar-refractivity contribution in [1.82, 2.24) is 0 Å². The molecule has 8 nitrogen and oxygen atoms in total. The zero-order valence-corrected chi connectivity index (χ0v) is 19.5. The van der Waals surface area contributed by atoms with Gasteiger partial charge in [0.2, 0.25) is 0 Å². The number of hydrogen-bond acceptors (Lipinski definition) is 6. The number of anilines is 2. The Morgan fingerprint density at radius 3 is 2.38 bits per heavy atom. The SMILES string of the molecule is Cc1cccc(NS(=O)(=O)c2ccc(C)c(C(=O)OCC(=O)Nc3ccc(CC#N)cc3)c2)c1. The van der Waals surface area contributed by atoms with Crippen LogP contribution >= 0.6 is 0 Å². The molecule has 1 amide bonds. The molecule has 0 saturated heterocycles. The monoisotopic (exact) mass is 477 g/mol. The summed E-state index contributed by atoms with van der Waals surface area (Å²) >= 11 is 0. The maximum Gasteiger partial charge on any atom is 0.338 e. The summed E-state index contributed by atoms with van der Waals surface area (Å²) in [6, 6.07) is 19.8. The number of rotatable bonds is 8. The largest absolute Gasteiger partial charge is 0.452 e. The highest BCUT2D eigenvalue weighted by Gasteiger charge is 2.20. The fourth-order valence-electron chi connectivity index (χ4n) is 3.11. The summed E-state index contributed by atoms with van der Waals surface area (Å²) in [6.45, 7) is 2.94. The van der Waals surface area contributed by atoms with Gasteiger partial charge in [-0.2, -0.15) is 5.26 Å². The Hall–Kier alpha value is -4.16. The van der Waals surface area contributed by atoms with Crippen LogP contribution in [0.3, 0.4) is 0 Å². The molecule has 3 aromatic rings. The van der Waals surface area contributed by atoms with Crippen LogP contribution in [0.15, 0.2) is 71.6 Å². The number of esters is 1. The predicted octanol–water partition coefficient (Wildman–Crippen LogP) is 3.97.